The summed E-state index contributed by atoms with van der Waals surface area (Å²) in [5.74, 6) is 7.01. The van der Waals surface area contributed by atoms with Gasteiger partial charge in [-0.25, -0.2) is 0 Å². The van der Waals surface area contributed by atoms with Crippen LogP contribution in [0.3, 0.4) is 0 Å². The third kappa shape index (κ3) is 3.41. The zero-order valence-electron chi connectivity index (χ0n) is 8.94. The van der Waals surface area contributed by atoms with E-state index in [4.69, 9.17) is 0 Å². The largest absolute Gasteiger partial charge is 0.443 e. The molecule has 1 rings (SSSR count). The maximum atomic E-state index is 12.5. The lowest BCUT2D eigenvalue weighted by Crippen LogP contribution is -2.34. The SMILES string of the molecule is C=S(=C)(NC1CCC(C)CC1)C(F)(F)F. The van der Waals surface area contributed by atoms with Gasteiger partial charge < -0.3 is 0 Å². The second-order valence-electron chi connectivity index (χ2n) is 4.40. The molecule has 0 aliphatic heterocycles. The summed E-state index contributed by atoms with van der Waals surface area (Å²) in [4.78, 5) is 0. The maximum Gasteiger partial charge on any atom is 0.443 e. The standard InChI is InChI=1S/C10H18F3NS/c1-8-4-6-9(7-5-8)14-15(2,3)10(11,12)13/h8-9,14H,2-7H2,1H3. The average molecular weight is 241 g/mol. The first-order valence-electron chi connectivity index (χ1n) is 5.05. The molecule has 0 amide bonds. The van der Waals surface area contributed by atoms with Crippen LogP contribution in [-0.4, -0.2) is 23.3 Å². The topological polar surface area (TPSA) is 12.0 Å². The first kappa shape index (κ1) is 12.9. The number of nitrogens with one attached hydrogen (secondary N) is 1. The van der Waals surface area contributed by atoms with Gasteiger partial charge in [0.2, 0.25) is 0 Å². The van der Waals surface area contributed by atoms with Gasteiger partial charge in [0.1, 0.15) is 0 Å². The van der Waals surface area contributed by atoms with E-state index in [1.54, 1.807) is 0 Å². The predicted molar refractivity (Wildman–Crippen MR) is 62.4 cm³/mol. The van der Waals surface area contributed by atoms with E-state index in [1.807, 2.05) is 0 Å². The van der Waals surface area contributed by atoms with Crippen LogP contribution < -0.4 is 4.72 Å². The van der Waals surface area contributed by atoms with Gasteiger partial charge in [0.15, 0.2) is 0 Å². The van der Waals surface area contributed by atoms with E-state index < -0.39 is 14.9 Å². The molecular weight excluding hydrogens is 223 g/mol. The molecular formula is C10H18F3NS. The summed E-state index contributed by atoms with van der Waals surface area (Å²) in [6.45, 7) is 2.13. The molecule has 1 nitrogen and oxygen atoms in total. The zero-order valence-corrected chi connectivity index (χ0v) is 9.76. The van der Waals surface area contributed by atoms with Crippen LogP contribution in [0.1, 0.15) is 32.6 Å². The third-order valence-electron chi connectivity index (χ3n) is 2.85. The molecule has 0 unspecified atom stereocenters. The highest BCUT2D eigenvalue weighted by atomic mass is 32.2. The highest BCUT2D eigenvalue weighted by molar-refractivity contribution is 8.26. The smallest absolute Gasteiger partial charge is 0.265 e. The van der Waals surface area contributed by atoms with Gasteiger partial charge in [-0.05, 0) is 31.6 Å². The summed E-state index contributed by atoms with van der Waals surface area (Å²) in [5, 5.41) is 0. The lowest BCUT2D eigenvalue weighted by atomic mass is 9.88. The zero-order chi connectivity index (χ0) is 11.7. The summed E-state index contributed by atoms with van der Waals surface area (Å²) < 4.78 is 40.1. The van der Waals surface area contributed by atoms with Crippen molar-refractivity contribution >= 4 is 21.1 Å². The molecule has 1 aliphatic carbocycles. The maximum absolute atomic E-state index is 12.5. The van der Waals surface area contributed by atoms with Crippen molar-refractivity contribution in [2.75, 3.05) is 0 Å². The molecule has 1 aliphatic rings. The van der Waals surface area contributed by atoms with Crippen molar-refractivity contribution in [1.82, 2.24) is 4.72 Å². The van der Waals surface area contributed by atoms with Gasteiger partial charge >= 0.3 is 5.51 Å². The van der Waals surface area contributed by atoms with Crippen molar-refractivity contribution in [3.05, 3.63) is 0 Å². The normalized spacial score (nSPS) is 29.1. The predicted octanol–water partition coefficient (Wildman–Crippen LogP) is 3.26. The van der Waals surface area contributed by atoms with Crippen molar-refractivity contribution in [2.24, 2.45) is 5.92 Å². The minimum absolute atomic E-state index is 0.0622. The van der Waals surface area contributed by atoms with E-state index in [0.29, 0.717) is 5.92 Å². The van der Waals surface area contributed by atoms with Gasteiger partial charge in [0, 0.05) is 6.04 Å². The van der Waals surface area contributed by atoms with Gasteiger partial charge in [0.05, 0.1) is 0 Å². The second-order valence-corrected chi connectivity index (χ2v) is 6.87. The molecule has 0 radical (unpaired) electrons. The van der Waals surface area contributed by atoms with Gasteiger partial charge in [0.25, 0.3) is 0 Å². The molecule has 1 N–H and O–H groups in total. The van der Waals surface area contributed by atoms with E-state index >= 15 is 0 Å². The Morgan fingerprint density at radius 3 is 2.00 bits per heavy atom. The molecule has 0 spiro atoms. The van der Waals surface area contributed by atoms with E-state index in [-0.39, 0.29) is 6.04 Å². The Labute approximate surface area is 89.7 Å². The fraction of sp³-hybridized carbons (Fsp3) is 0.800. The Hall–Kier alpha value is -0.160. The van der Waals surface area contributed by atoms with Crippen molar-refractivity contribution in [3.8, 4) is 0 Å². The molecule has 0 aromatic heterocycles. The summed E-state index contributed by atoms with van der Waals surface area (Å²) >= 11 is 0. The van der Waals surface area contributed by atoms with Crippen molar-refractivity contribution in [2.45, 2.75) is 44.2 Å². The number of rotatable bonds is 2. The van der Waals surface area contributed by atoms with E-state index in [9.17, 15) is 13.2 Å². The van der Waals surface area contributed by atoms with Crippen LogP contribution in [-0.2, 0) is 0 Å². The first-order chi connectivity index (χ1) is 6.72. The van der Waals surface area contributed by atoms with Crippen LogP contribution in [0.5, 0.6) is 0 Å². The number of halogens is 3. The lowest BCUT2D eigenvalue weighted by molar-refractivity contribution is -0.0351. The molecule has 15 heavy (non-hydrogen) atoms. The molecule has 90 valence electrons. The van der Waals surface area contributed by atoms with Gasteiger partial charge in [-0.15, -0.1) is 0 Å². The number of hydrogen-bond acceptors (Lipinski definition) is 1. The molecule has 5 heteroatoms. The van der Waals surface area contributed by atoms with E-state index in [0.717, 1.165) is 25.7 Å². The Bertz CT molecular complexity index is 297. The van der Waals surface area contributed by atoms with Crippen LogP contribution in [0.25, 0.3) is 0 Å². The van der Waals surface area contributed by atoms with Crippen molar-refractivity contribution in [3.63, 3.8) is 0 Å². The Balaban J connectivity index is 2.56. The summed E-state index contributed by atoms with van der Waals surface area (Å²) in [7, 11) is -3.16. The highest BCUT2D eigenvalue weighted by Crippen LogP contribution is 2.40. The molecule has 1 saturated carbocycles. The fourth-order valence-corrected chi connectivity index (χ4v) is 2.77. The fourth-order valence-electron chi connectivity index (χ4n) is 1.76. The van der Waals surface area contributed by atoms with Gasteiger partial charge in [-0.2, -0.15) is 13.2 Å². The molecule has 1 fully saturated rings. The first-order valence-corrected chi connectivity index (χ1v) is 7.02. The highest BCUT2D eigenvalue weighted by Gasteiger charge is 2.35. The van der Waals surface area contributed by atoms with Gasteiger partial charge in [-0.3, -0.25) is 4.72 Å². The minimum atomic E-state index is -4.31. The Morgan fingerprint density at radius 2 is 1.60 bits per heavy atom. The van der Waals surface area contributed by atoms with E-state index in [2.05, 4.69) is 23.4 Å². The van der Waals surface area contributed by atoms with Gasteiger partial charge in [-0.1, -0.05) is 28.1 Å². The number of hydrogen-bond donors (Lipinski definition) is 1. The molecule has 0 atom stereocenters. The summed E-state index contributed by atoms with van der Waals surface area (Å²) in [6, 6.07) is -0.0622. The van der Waals surface area contributed by atoms with Crippen molar-refractivity contribution < 1.29 is 13.2 Å². The molecule has 0 aromatic carbocycles. The van der Waals surface area contributed by atoms with Crippen LogP contribution in [0.2, 0.25) is 0 Å². The van der Waals surface area contributed by atoms with Crippen LogP contribution in [0.15, 0.2) is 0 Å². The minimum Gasteiger partial charge on any atom is -0.265 e. The van der Waals surface area contributed by atoms with Crippen molar-refractivity contribution in [1.29, 1.82) is 0 Å². The average Bonchev–Trinajstić information content (AvgIpc) is 2.06. The molecule has 0 aromatic rings. The molecule has 0 saturated heterocycles. The van der Waals surface area contributed by atoms with E-state index in [1.165, 1.54) is 0 Å². The second kappa shape index (κ2) is 4.37. The Morgan fingerprint density at radius 1 is 1.13 bits per heavy atom. The molecule has 0 bridgehead atoms. The third-order valence-corrected chi connectivity index (χ3v) is 4.52. The summed E-state index contributed by atoms with van der Waals surface area (Å²) in [6.07, 6.45) is 3.59. The Kier molecular flexibility index (Phi) is 3.76. The lowest BCUT2D eigenvalue weighted by Gasteiger charge is -2.31. The quantitative estimate of drug-likeness (QED) is 0.732. The summed E-state index contributed by atoms with van der Waals surface area (Å²) in [5.41, 5.74) is -4.31. The number of alkyl halides is 3. The van der Waals surface area contributed by atoms with Crippen LogP contribution >= 0.6 is 9.39 Å². The molecule has 0 heterocycles. The van der Waals surface area contributed by atoms with Crippen LogP contribution in [0.4, 0.5) is 13.2 Å². The van der Waals surface area contributed by atoms with Crippen LogP contribution in [0, 0.1) is 5.92 Å². The monoisotopic (exact) mass is 241 g/mol.